The maximum absolute atomic E-state index is 13.3. The van der Waals surface area contributed by atoms with Crippen LogP contribution < -0.4 is 4.74 Å². The third kappa shape index (κ3) is 19.7. The topological polar surface area (TPSA) is 26.3 Å². The fourth-order valence-corrected chi connectivity index (χ4v) is 6.23. The van der Waals surface area contributed by atoms with E-state index in [0.717, 1.165) is 30.6 Å². The van der Waals surface area contributed by atoms with Gasteiger partial charge in [0, 0.05) is 17.4 Å². The van der Waals surface area contributed by atoms with Crippen molar-refractivity contribution in [3.8, 4) is 5.75 Å². The second-order valence-corrected chi connectivity index (χ2v) is 12.0. The number of Topliss-reactive ketones (excluding diaryl/α,β-unsaturated/α-hetero) is 1. The molecule has 2 nitrogen and oxygen atoms in total. The number of benzene rings is 6. The number of ether oxygens (including phenoxy) is 1. The van der Waals surface area contributed by atoms with Gasteiger partial charge in [0.05, 0.1) is 0 Å². The van der Waals surface area contributed by atoms with Crippen molar-refractivity contribution >= 4 is 17.9 Å². The highest BCUT2D eigenvalue weighted by Gasteiger charge is 2.34. The van der Waals surface area contributed by atoms with E-state index in [-0.39, 0.29) is 11.8 Å². The van der Waals surface area contributed by atoms with Gasteiger partial charge in [0.15, 0.2) is 0 Å². The van der Waals surface area contributed by atoms with Crippen LogP contribution in [0.15, 0.2) is 170 Å². The molecule has 59 heavy (non-hydrogen) atoms. The molecule has 0 radical (unpaired) electrons. The van der Waals surface area contributed by atoms with Gasteiger partial charge in [-0.2, -0.15) is 0 Å². The fourth-order valence-electron chi connectivity index (χ4n) is 6.23. The van der Waals surface area contributed by atoms with Crippen LogP contribution in [0.2, 0.25) is 0 Å². The molecule has 0 spiro atoms. The van der Waals surface area contributed by atoms with Crippen molar-refractivity contribution in [1.82, 2.24) is 0 Å². The molecule has 6 aromatic carbocycles. The van der Waals surface area contributed by atoms with Gasteiger partial charge in [-0.05, 0) is 58.7 Å². The number of carbonyl (C=O) groups excluding carboxylic acids is 1. The molecule has 2 unspecified atom stereocenters. The van der Waals surface area contributed by atoms with Crippen molar-refractivity contribution in [2.24, 2.45) is 5.92 Å². The molecule has 1 aliphatic rings. The highest BCUT2D eigenvalue weighted by Crippen LogP contribution is 2.36. The normalized spacial score (nSPS) is 12.8. The van der Waals surface area contributed by atoms with E-state index < -0.39 is 0 Å². The van der Waals surface area contributed by atoms with Gasteiger partial charge in [-0.3, -0.25) is 4.79 Å². The lowest BCUT2D eigenvalue weighted by atomic mass is 9.72. The van der Waals surface area contributed by atoms with Crippen molar-refractivity contribution in [2.45, 2.75) is 115 Å². The fraction of sp³-hybridized carbons (Fsp3) is 0.316. The number of para-hydroxylation sites is 1. The Morgan fingerprint density at radius 3 is 1.42 bits per heavy atom. The SMILES string of the molecule is C(=Cc1ccccc1OCc1ccccc1)c1ccccc1.CC.CC.CC.CC.CC.CC.O=C1C(Cc2ccccc2)Cc2ccccc2C1Cc1ccccc1. The van der Waals surface area contributed by atoms with Crippen LogP contribution >= 0.6 is 0 Å². The molecule has 0 saturated heterocycles. The van der Waals surface area contributed by atoms with Gasteiger partial charge in [0.2, 0.25) is 0 Å². The quantitative estimate of drug-likeness (QED) is 0.136. The third-order valence-electron chi connectivity index (χ3n) is 8.66. The summed E-state index contributed by atoms with van der Waals surface area (Å²) in [5.41, 5.74) is 8.48. The number of carbonyl (C=O) groups is 1. The maximum atomic E-state index is 13.3. The van der Waals surface area contributed by atoms with E-state index in [9.17, 15) is 4.79 Å². The Bertz CT molecular complexity index is 1860. The summed E-state index contributed by atoms with van der Waals surface area (Å²) in [5.74, 6) is 1.34. The van der Waals surface area contributed by atoms with Crippen LogP contribution in [0.1, 0.15) is 128 Å². The summed E-state index contributed by atoms with van der Waals surface area (Å²) in [6.45, 7) is 24.6. The highest BCUT2D eigenvalue weighted by atomic mass is 16.5. The Kier molecular flexibility index (Phi) is 32.4. The molecular formula is C57H76O2. The van der Waals surface area contributed by atoms with Crippen molar-refractivity contribution in [3.63, 3.8) is 0 Å². The van der Waals surface area contributed by atoms with Gasteiger partial charge in [-0.1, -0.05) is 259 Å². The van der Waals surface area contributed by atoms with Crippen LogP contribution in [0.5, 0.6) is 5.75 Å². The van der Waals surface area contributed by atoms with Gasteiger partial charge in [0.1, 0.15) is 18.1 Å². The van der Waals surface area contributed by atoms with Crippen molar-refractivity contribution in [3.05, 3.63) is 209 Å². The van der Waals surface area contributed by atoms with Crippen molar-refractivity contribution in [1.29, 1.82) is 0 Å². The van der Waals surface area contributed by atoms with Crippen LogP contribution in [-0.2, 0) is 30.7 Å². The Morgan fingerprint density at radius 2 is 0.881 bits per heavy atom. The first kappa shape index (κ1) is 53.5. The van der Waals surface area contributed by atoms with Crippen molar-refractivity contribution < 1.29 is 9.53 Å². The molecule has 0 saturated carbocycles. The van der Waals surface area contributed by atoms with E-state index in [4.69, 9.17) is 4.74 Å². The largest absolute Gasteiger partial charge is 0.488 e. The van der Waals surface area contributed by atoms with Crippen LogP contribution in [0.25, 0.3) is 12.2 Å². The molecule has 0 aliphatic heterocycles. The smallest absolute Gasteiger partial charge is 0.144 e. The zero-order valence-electron chi connectivity index (χ0n) is 38.6. The Hall–Kier alpha value is -5.47. The Labute approximate surface area is 361 Å². The second kappa shape index (κ2) is 35.7. The van der Waals surface area contributed by atoms with E-state index in [1.165, 1.54) is 33.4 Å². The molecule has 0 aromatic heterocycles. The van der Waals surface area contributed by atoms with Gasteiger partial charge >= 0.3 is 0 Å². The number of ketones is 1. The molecule has 316 valence electrons. The number of hydrogen-bond donors (Lipinski definition) is 0. The average molecular weight is 793 g/mol. The minimum Gasteiger partial charge on any atom is -0.488 e. The van der Waals surface area contributed by atoms with Crippen LogP contribution in [-0.4, -0.2) is 5.78 Å². The molecule has 0 bridgehead atoms. The standard InChI is InChI=1S/C24H22O.C21H18O.6C2H6/c25-24-21(15-18-9-3-1-4-10-18)17-20-13-7-8-14-22(20)23(24)16-19-11-5-2-6-12-19;1-3-9-18(10-4-1)15-16-20-13-7-8-14-21(20)22-17-19-11-5-2-6-12-19;6*1-2/h1-14,21,23H,15-17H2;1-16H,17H2;6*1-2H3. The van der Waals surface area contributed by atoms with E-state index >= 15 is 0 Å². The van der Waals surface area contributed by atoms with Gasteiger partial charge < -0.3 is 4.74 Å². The lowest BCUT2D eigenvalue weighted by Gasteiger charge is -2.30. The summed E-state index contributed by atoms with van der Waals surface area (Å²) in [4.78, 5) is 13.3. The highest BCUT2D eigenvalue weighted by molar-refractivity contribution is 5.90. The summed E-state index contributed by atoms with van der Waals surface area (Å²) < 4.78 is 5.96. The van der Waals surface area contributed by atoms with Crippen LogP contribution in [0.4, 0.5) is 0 Å². The molecule has 0 heterocycles. The van der Waals surface area contributed by atoms with Gasteiger partial charge in [0.25, 0.3) is 0 Å². The molecule has 0 N–H and O–H groups in total. The van der Waals surface area contributed by atoms with Gasteiger partial charge in [-0.15, -0.1) is 0 Å². The summed E-state index contributed by atoms with van der Waals surface area (Å²) in [6.07, 6.45) is 6.68. The molecule has 0 fully saturated rings. The first-order chi connectivity index (χ1) is 29.2. The Balaban J connectivity index is 0.000000915. The summed E-state index contributed by atoms with van der Waals surface area (Å²) in [7, 11) is 0. The van der Waals surface area contributed by atoms with Gasteiger partial charge in [-0.25, -0.2) is 0 Å². The van der Waals surface area contributed by atoms with Crippen LogP contribution in [0, 0.1) is 5.92 Å². The zero-order chi connectivity index (χ0) is 44.1. The van der Waals surface area contributed by atoms with Crippen LogP contribution in [0.3, 0.4) is 0 Å². The molecule has 6 aromatic rings. The molecule has 2 atom stereocenters. The summed E-state index contributed by atoms with van der Waals surface area (Å²) >= 11 is 0. The first-order valence-corrected chi connectivity index (χ1v) is 22.4. The summed E-state index contributed by atoms with van der Waals surface area (Å²) in [6, 6.07) is 57.8. The number of hydrogen-bond acceptors (Lipinski definition) is 2. The monoisotopic (exact) mass is 793 g/mol. The molecule has 1 aliphatic carbocycles. The molecule has 0 amide bonds. The van der Waals surface area contributed by atoms with Crippen molar-refractivity contribution in [2.75, 3.05) is 0 Å². The Morgan fingerprint density at radius 1 is 0.458 bits per heavy atom. The first-order valence-electron chi connectivity index (χ1n) is 22.4. The lowest BCUT2D eigenvalue weighted by molar-refractivity contribution is -0.125. The minimum atomic E-state index is -0.0268. The maximum Gasteiger partial charge on any atom is 0.144 e. The summed E-state index contributed by atoms with van der Waals surface area (Å²) in [5, 5.41) is 0. The lowest BCUT2D eigenvalue weighted by Crippen LogP contribution is -2.32. The zero-order valence-corrected chi connectivity index (χ0v) is 38.6. The number of fused-ring (bicyclic) bond motifs is 1. The molecule has 2 heteroatoms. The minimum absolute atomic E-state index is 0.0268. The molecular weight excluding hydrogens is 717 g/mol. The average Bonchev–Trinajstić information content (AvgIpc) is 3.34. The molecule has 7 rings (SSSR count). The predicted octanol–water partition coefficient (Wildman–Crippen LogP) is 16.6. The van der Waals surface area contributed by atoms with E-state index in [1.807, 2.05) is 150 Å². The van der Waals surface area contributed by atoms with E-state index in [0.29, 0.717) is 12.4 Å². The van der Waals surface area contributed by atoms with E-state index in [1.54, 1.807) is 0 Å². The second-order valence-electron chi connectivity index (χ2n) is 12.0. The number of rotatable bonds is 9. The predicted molar refractivity (Wildman–Crippen MR) is 262 cm³/mol. The third-order valence-corrected chi connectivity index (χ3v) is 8.66. The van der Waals surface area contributed by atoms with E-state index in [2.05, 4.69) is 115 Å².